The summed E-state index contributed by atoms with van der Waals surface area (Å²) in [4.78, 5) is 24.3. The third-order valence-corrected chi connectivity index (χ3v) is 3.77. The summed E-state index contributed by atoms with van der Waals surface area (Å²) in [6, 6.07) is 12.9. The second kappa shape index (κ2) is 7.14. The van der Waals surface area contributed by atoms with Crippen molar-refractivity contribution in [3.8, 4) is 0 Å². The second-order valence-electron chi connectivity index (χ2n) is 5.73. The van der Waals surface area contributed by atoms with Crippen LogP contribution in [0.4, 0.5) is 18.9 Å². The molecule has 0 aliphatic heterocycles. The number of carbonyl (C=O) groups is 2. The molecular formula is C19H14F3NO4. The first-order chi connectivity index (χ1) is 12.8. The van der Waals surface area contributed by atoms with Crippen LogP contribution in [0, 0.1) is 0 Å². The number of esters is 1. The third-order valence-electron chi connectivity index (χ3n) is 3.77. The molecule has 0 bridgehead atoms. The van der Waals surface area contributed by atoms with Crippen molar-refractivity contribution in [2.45, 2.75) is 19.2 Å². The molecule has 0 saturated heterocycles. The molecule has 3 aromatic rings. The van der Waals surface area contributed by atoms with Gasteiger partial charge >= 0.3 is 12.1 Å². The van der Waals surface area contributed by atoms with Crippen molar-refractivity contribution in [1.29, 1.82) is 0 Å². The lowest BCUT2D eigenvalue weighted by atomic mass is 10.1. The molecule has 1 N–H and O–H groups in total. The Morgan fingerprint density at radius 1 is 1.07 bits per heavy atom. The normalized spacial score (nSPS) is 12.6. The first-order valence-corrected chi connectivity index (χ1v) is 7.92. The van der Waals surface area contributed by atoms with Crippen LogP contribution in [0.15, 0.2) is 59.0 Å². The summed E-state index contributed by atoms with van der Waals surface area (Å²) in [5, 5.41) is 2.81. The van der Waals surface area contributed by atoms with E-state index in [2.05, 4.69) is 5.32 Å². The number of fused-ring (bicyclic) bond motifs is 1. The van der Waals surface area contributed by atoms with E-state index in [-0.39, 0.29) is 5.76 Å². The van der Waals surface area contributed by atoms with Crippen molar-refractivity contribution >= 4 is 28.5 Å². The third kappa shape index (κ3) is 4.11. The van der Waals surface area contributed by atoms with Gasteiger partial charge < -0.3 is 14.5 Å². The summed E-state index contributed by atoms with van der Waals surface area (Å²) < 4.78 is 49.3. The van der Waals surface area contributed by atoms with Crippen LogP contribution < -0.4 is 5.32 Å². The lowest BCUT2D eigenvalue weighted by molar-refractivity contribution is -0.137. The highest BCUT2D eigenvalue weighted by Gasteiger charge is 2.34. The first-order valence-electron chi connectivity index (χ1n) is 7.92. The van der Waals surface area contributed by atoms with Gasteiger partial charge in [-0.2, -0.15) is 13.2 Å². The maximum atomic E-state index is 13.0. The molecule has 0 fully saturated rings. The Morgan fingerprint density at radius 2 is 1.74 bits per heavy atom. The number of amides is 1. The Balaban J connectivity index is 1.70. The minimum Gasteiger partial charge on any atom is -0.449 e. The van der Waals surface area contributed by atoms with E-state index >= 15 is 0 Å². The van der Waals surface area contributed by atoms with Gasteiger partial charge in [0.15, 0.2) is 6.10 Å². The number of rotatable bonds is 4. The molecular weight excluding hydrogens is 363 g/mol. The smallest absolute Gasteiger partial charge is 0.418 e. The lowest BCUT2D eigenvalue weighted by Gasteiger charge is -2.16. The predicted molar refractivity (Wildman–Crippen MR) is 91.2 cm³/mol. The number of benzene rings is 2. The van der Waals surface area contributed by atoms with Crippen molar-refractivity contribution in [3.05, 3.63) is 65.9 Å². The molecule has 27 heavy (non-hydrogen) atoms. The molecule has 0 radical (unpaired) electrons. The maximum absolute atomic E-state index is 13.0. The number of hydrogen-bond acceptors (Lipinski definition) is 4. The molecule has 1 heterocycles. The Bertz CT molecular complexity index is 961. The summed E-state index contributed by atoms with van der Waals surface area (Å²) in [6.07, 6.45) is -5.95. The maximum Gasteiger partial charge on any atom is 0.418 e. The SMILES string of the molecule is C[C@@H](OC(=O)c1cc2ccccc2o1)C(=O)Nc1ccccc1C(F)(F)F. The van der Waals surface area contributed by atoms with E-state index in [9.17, 15) is 22.8 Å². The van der Waals surface area contributed by atoms with E-state index in [1.54, 1.807) is 24.3 Å². The Labute approximate surface area is 151 Å². The molecule has 5 nitrogen and oxygen atoms in total. The van der Waals surface area contributed by atoms with Crippen LogP contribution in [0.3, 0.4) is 0 Å². The summed E-state index contributed by atoms with van der Waals surface area (Å²) in [5.74, 6) is -1.89. The van der Waals surface area contributed by atoms with E-state index in [4.69, 9.17) is 9.15 Å². The average molecular weight is 377 g/mol. The van der Waals surface area contributed by atoms with Crippen molar-refractivity contribution in [2.24, 2.45) is 0 Å². The summed E-state index contributed by atoms with van der Waals surface area (Å²) in [7, 11) is 0. The van der Waals surface area contributed by atoms with E-state index < -0.39 is 35.4 Å². The molecule has 2 aromatic carbocycles. The van der Waals surface area contributed by atoms with Crippen molar-refractivity contribution in [1.82, 2.24) is 0 Å². The van der Waals surface area contributed by atoms with Crippen LogP contribution in [-0.4, -0.2) is 18.0 Å². The topological polar surface area (TPSA) is 68.5 Å². The van der Waals surface area contributed by atoms with Gasteiger partial charge in [0.05, 0.1) is 11.3 Å². The van der Waals surface area contributed by atoms with Gasteiger partial charge in [-0.25, -0.2) is 4.79 Å². The molecule has 0 unspecified atom stereocenters. The molecule has 0 saturated carbocycles. The molecule has 1 atom stereocenters. The van der Waals surface area contributed by atoms with Crippen molar-refractivity contribution < 1.29 is 31.9 Å². The lowest BCUT2D eigenvalue weighted by Crippen LogP contribution is -2.30. The van der Waals surface area contributed by atoms with Crippen LogP contribution in [0.25, 0.3) is 11.0 Å². The first kappa shape index (κ1) is 18.5. The Kier molecular flexibility index (Phi) is 4.89. The van der Waals surface area contributed by atoms with Gasteiger partial charge in [-0.3, -0.25) is 4.79 Å². The van der Waals surface area contributed by atoms with E-state index in [0.29, 0.717) is 11.0 Å². The zero-order valence-electron chi connectivity index (χ0n) is 14.0. The second-order valence-corrected chi connectivity index (χ2v) is 5.73. The number of furan rings is 1. The number of hydrogen-bond donors (Lipinski definition) is 1. The molecule has 0 aliphatic rings. The average Bonchev–Trinajstić information content (AvgIpc) is 3.05. The van der Waals surface area contributed by atoms with Gasteiger partial charge in [0.25, 0.3) is 5.91 Å². The number of carbonyl (C=O) groups excluding carboxylic acids is 2. The monoisotopic (exact) mass is 377 g/mol. The minimum absolute atomic E-state index is 0.105. The summed E-state index contributed by atoms with van der Waals surface area (Å²) in [5.41, 5.74) is -0.934. The zero-order chi connectivity index (χ0) is 19.6. The molecule has 0 aliphatic carbocycles. The van der Waals surface area contributed by atoms with Crippen molar-refractivity contribution in [3.63, 3.8) is 0 Å². The van der Waals surface area contributed by atoms with Gasteiger partial charge in [0.2, 0.25) is 5.76 Å². The number of ether oxygens (including phenoxy) is 1. The zero-order valence-corrected chi connectivity index (χ0v) is 14.0. The number of para-hydroxylation sites is 2. The fourth-order valence-corrected chi connectivity index (χ4v) is 2.43. The standard InChI is InChI=1S/C19H14F3NO4/c1-11(17(24)23-14-8-4-3-7-13(14)19(20,21)22)26-18(25)16-10-12-6-2-5-9-15(12)27-16/h2-11H,1H3,(H,23,24)/t11-/m1/s1. The fraction of sp³-hybridized carbons (Fsp3) is 0.158. The molecule has 140 valence electrons. The van der Waals surface area contributed by atoms with Crippen LogP contribution in [-0.2, 0) is 15.7 Å². The number of nitrogens with one attached hydrogen (secondary N) is 1. The highest BCUT2D eigenvalue weighted by molar-refractivity contribution is 5.98. The fourth-order valence-electron chi connectivity index (χ4n) is 2.43. The molecule has 1 amide bonds. The van der Waals surface area contributed by atoms with Gasteiger partial charge in [-0.15, -0.1) is 0 Å². The minimum atomic E-state index is -4.63. The van der Waals surface area contributed by atoms with E-state index in [1.807, 2.05) is 0 Å². The van der Waals surface area contributed by atoms with Crippen LogP contribution in [0.5, 0.6) is 0 Å². The van der Waals surface area contributed by atoms with Gasteiger partial charge in [-0.1, -0.05) is 30.3 Å². The number of halogens is 3. The molecule has 3 rings (SSSR count). The van der Waals surface area contributed by atoms with Crippen LogP contribution in [0.2, 0.25) is 0 Å². The van der Waals surface area contributed by atoms with Crippen LogP contribution in [0.1, 0.15) is 23.0 Å². The Morgan fingerprint density at radius 3 is 2.44 bits per heavy atom. The van der Waals surface area contributed by atoms with E-state index in [0.717, 1.165) is 12.1 Å². The summed E-state index contributed by atoms with van der Waals surface area (Å²) in [6.45, 7) is 1.26. The van der Waals surface area contributed by atoms with Gasteiger partial charge in [-0.05, 0) is 31.2 Å². The predicted octanol–water partition coefficient (Wildman–Crippen LogP) is 4.64. The van der Waals surface area contributed by atoms with Gasteiger partial charge in [0.1, 0.15) is 5.58 Å². The quantitative estimate of drug-likeness (QED) is 0.673. The molecule has 8 heteroatoms. The highest BCUT2D eigenvalue weighted by Crippen LogP contribution is 2.34. The highest BCUT2D eigenvalue weighted by atomic mass is 19.4. The largest absolute Gasteiger partial charge is 0.449 e. The number of alkyl halides is 3. The molecule has 1 aromatic heterocycles. The van der Waals surface area contributed by atoms with Gasteiger partial charge in [0, 0.05) is 5.39 Å². The van der Waals surface area contributed by atoms with Crippen molar-refractivity contribution in [2.75, 3.05) is 5.32 Å². The summed E-state index contributed by atoms with van der Waals surface area (Å²) >= 11 is 0. The van der Waals surface area contributed by atoms with E-state index in [1.165, 1.54) is 25.1 Å². The van der Waals surface area contributed by atoms with Crippen LogP contribution >= 0.6 is 0 Å². The number of anilines is 1. The Hall–Kier alpha value is -3.29. The molecule has 0 spiro atoms.